The molecule has 3 rings (SSSR count). The summed E-state index contributed by atoms with van der Waals surface area (Å²) in [6, 6.07) is 7.80. The summed E-state index contributed by atoms with van der Waals surface area (Å²) in [5.74, 6) is -1.13. The fraction of sp³-hybridized carbons (Fsp3) is 0.292. The Morgan fingerprint density at radius 1 is 1.16 bits per heavy atom. The largest absolute Gasteiger partial charge is 0.460 e. The number of carbonyl (C=O) groups is 2. The van der Waals surface area contributed by atoms with Gasteiger partial charge in [-0.25, -0.2) is 35.1 Å². The number of benzene rings is 2. The number of hydrogen-bond acceptors (Lipinski definition) is 9. The molecule has 2 aromatic carbocycles. The number of esters is 1. The molecule has 202 valence electrons. The molecule has 0 aromatic heterocycles. The predicted octanol–water partition coefficient (Wildman–Crippen LogP) is 2.18. The van der Waals surface area contributed by atoms with E-state index in [0.717, 1.165) is 23.3 Å². The molecule has 0 spiro atoms. The number of nitrogens with zero attached hydrogens (tertiary/aromatic N) is 3. The molecule has 0 aliphatic carbocycles. The number of amides is 2. The van der Waals surface area contributed by atoms with Crippen LogP contribution < -0.4 is 4.90 Å². The lowest BCUT2D eigenvalue weighted by atomic mass is 9.93. The molecular formula is C24H24FN3O8S2. The first-order valence-corrected chi connectivity index (χ1v) is 14.7. The minimum Gasteiger partial charge on any atom is -0.460 e. The third kappa shape index (κ3) is 5.54. The third-order valence-corrected chi connectivity index (χ3v) is 7.91. The summed E-state index contributed by atoms with van der Waals surface area (Å²) < 4.78 is 70.3. The zero-order valence-corrected chi connectivity index (χ0v) is 22.2. The van der Waals surface area contributed by atoms with Crippen molar-refractivity contribution in [2.24, 2.45) is 0 Å². The monoisotopic (exact) mass is 565 g/mol. The standard InChI is InChI=1S/C24H24FN3O8S2/c1-15-21(23(30)36-10-9-29)22(19-8-7-17(14-26)12-20(19)37(2,32)33)28(38(3,34)35)24(31)27(15)18-6-4-5-16(11-18)13-25/h4-8,11-12,22,29H,9-10,13H2,1-3H3/t22-/m1/s1. The molecule has 0 bridgehead atoms. The van der Waals surface area contributed by atoms with Gasteiger partial charge in [0.25, 0.3) is 0 Å². The first kappa shape index (κ1) is 28.8. The topological polar surface area (TPSA) is 162 Å². The van der Waals surface area contributed by atoms with Gasteiger partial charge in [0.05, 0.1) is 40.7 Å². The van der Waals surface area contributed by atoms with E-state index in [1.54, 1.807) is 6.07 Å². The molecule has 1 aliphatic heterocycles. The molecule has 0 radical (unpaired) electrons. The van der Waals surface area contributed by atoms with Crippen molar-refractivity contribution in [3.05, 3.63) is 70.4 Å². The number of carbonyl (C=O) groups excluding carboxylic acids is 2. The van der Waals surface area contributed by atoms with Gasteiger partial charge >= 0.3 is 12.0 Å². The minimum absolute atomic E-state index is 0.0466. The molecule has 0 saturated carbocycles. The molecule has 1 N–H and O–H groups in total. The molecule has 1 aliphatic rings. The number of sulfone groups is 1. The van der Waals surface area contributed by atoms with Crippen LogP contribution in [0.2, 0.25) is 0 Å². The maximum atomic E-state index is 13.8. The fourth-order valence-electron chi connectivity index (χ4n) is 4.11. The summed E-state index contributed by atoms with van der Waals surface area (Å²) in [5.41, 5.74) is -0.626. The minimum atomic E-state index is -4.50. The number of hydrogen-bond donors (Lipinski definition) is 1. The first-order chi connectivity index (χ1) is 17.8. The average Bonchev–Trinajstić information content (AvgIpc) is 2.85. The average molecular weight is 566 g/mol. The summed E-state index contributed by atoms with van der Waals surface area (Å²) in [4.78, 5) is 27.5. The van der Waals surface area contributed by atoms with Gasteiger partial charge in [0.1, 0.15) is 19.3 Å². The van der Waals surface area contributed by atoms with Crippen molar-refractivity contribution in [1.82, 2.24) is 4.31 Å². The lowest BCUT2D eigenvalue weighted by Gasteiger charge is -2.41. The van der Waals surface area contributed by atoms with E-state index in [0.29, 0.717) is 10.6 Å². The van der Waals surface area contributed by atoms with Crippen LogP contribution in [0.5, 0.6) is 0 Å². The van der Waals surface area contributed by atoms with Crippen LogP contribution in [0.3, 0.4) is 0 Å². The Kier molecular flexibility index (Phi) is 8.25. The summed E-state index contributed by atoms with van der Waals surface area (Å²) in [6.07, 6.45) is 1.53. The Bertz CT molecular complexity index is 1580. The van der Waals surface area contributed by atoms with Crippen LogP contribution in [0.15, 0.2) is 58.6 Å². The van der Waals surface area contributed by atoms with Crippen LogP contribution in [-0.2, 0) is 36.1 Å². The Hall–Kier alpha value is -3.80. The van der Waals surface area contributed by atoms with Crippen LogP contribution in [0.4, 0.5) is 14.9 Å². The van der Waals surface area contributed by atoms with Crippen LogP contribution in [0.25, 0.3) is 0 Å². The van der Waals surface area contributed by atoms with Crippen LogP contribution >= 0.6 is 0 Å². The maximum Gasteiger partial charge on any atom is 0.343 e. The second kappa shape index (κ2) is 10.9. The molecule has 1 atom stereocenters. The number of rotatable bonds is 8. The zero-order chi connectivity index (χ0) is 28.4. The fourth-order valence-corrected chi connectivity index (χ4v) is 6.03. The maximum absolute atomic E-state index is 13.8. The predicted molar refractivity (Wildman–Crippen MR) is 134 cm³/mol. The highest BCUT2D eigenvalue weighted by Gasteiger charge is 2.48. The Balaban J connectivity index is 2.47. The van der Waals surface area contributed by atoms with Gasteiger partial charge in [-0.3, -0.25) is 4.90 Å². The van der Waals surface area contributed by atoms with E-state index >= 15 is 0 Å². The van der Waals surface area contributed by atoms with E-state index in [2.05, 4.69) is 0 Å². The quantitative estimate of drug-likeness (QED) is 0.473. The van der Waals surface area contributed by atoms with E-state index in [9.17, 15) is 41.2 Å². The van der Waals surface area contributed by atoms with Crippen molar-refractivity contribution in [2.45, 2.75) is 24.5 Å². The van der Waals surface area contributed by atoms with Crippen LogP contribution in [-0.4, -0.2) is 64.0 Å². The lowest BCUT2D eigenvalue weighted by Crippen LogP contribution is -2.53. The van der Waals surface area contributed by atoms with Gasteiger partial charge in [0.15, 0.2) is 9.84 Å². The zero-order valence-electron chi connectivity index (χ0n) is 20.6. The van der Waals surface area contributed by atoms with Gasteiger partial charge in [-0.05, 0) is 42.3 Å². The first-order valence-electron chi connectivity index (χ1n) is 11.0. The third-order valence-electron chi connectivity index (χ3n) is 5.67. The molecule has 1 heterocycles. The highest BCUT2D eigenvalue weighted by atomic mass is 32.2. The molecule has 0 unspecified atom stereocenters. The van der Waals surface area contributed by atoms with Crippen molar-refractivity contribution in [3.8, 4) is 6.07 Å². The number of alkyl halides is 1. The molecule has 11 nitrogen and oxygen atoms in total. The second-order valence-corrected chi connectivity index (χ2v) is 12.2. The van der Waals surface area contributed by atoms with Crippen molar-refractivity contribution in [2.75, 3.05) is 30.6 Å². The summed E-state index contributed by atoms with van der Waals surface area (Å²) in [6.45, 7) is -0.596. The highest BCUT2D eigenvalue weighted by Crippen LogP contribution is 2.43. The van der Waals surface area contributed by atoms with E-state index in [1.807, 2.05) is 0 Å². The van der Waals surface area contributed by atoms with Gasteiger partial charge in [0.2, 0.25) is 10.0 Å². The van der Waals surface area contributed by atoms with Gasteiger partial charge in [-0.15, -0.1) is 0 Å². The normalized spacial score (nSPS) is 16.4. The lowest BCUT2D eigenvalue weighted by molar-refractivity contribution is -0.140. The van der Waals surface area contributed by atoms with Crippen molar-refractivity contribution >= 4 is 37.5 Å². The summed E-state index contributed by atoms with van der Waals surface area (Å²) >= 11 is 0. The number of ether oxygens (including phenoxy) is 1. The molecule has 0 fully saturated rings. The van der Waals surface area contributed by atoms with Crippen molar-refractivity contribution in [1.29, 1.82) is 5.26 Å². The van der Waals surface area contributed by atoms with Gasteiger partial charge < -0.3 is 9.84 Å². The van der Waals surface area contributed by atoms with E-state index < -0.39 is 68.3 Å². The van der Waals surface area contributed by atoms with Gasteiger partial charge in [-0.1, -0.05) is 18.2 Å². The van der Waals surface area contributed by atoms with Crippen molar-refractivity contribution < 1.29 is 40.7 Å². The molecule has 0 saturated heterocycles. The highest BCUT2D eigenvalue weighted by molar-refractivity contribution is 7.90. The molecule has 2 aromatic rings. The summed E-state index contributed by atoms with van der Waals surface area (Å²) in [5, 5.41) is 18.5. The number of anilines is 1. The van der Waals surface area contributed by atoms with E-state index in [1.165, 1.54) is 37.3 Å². The number of aliphatic hydroxyl groups excluding tert-OH is 1. The van der Waals surface area contributed by atoms with E-state index in [-0.39, 0.29) is 28.1 Å². The van der Waals surface area contributed by atoms with Gasteiger partial charge in [-0.2, -0.15) is 5.26 Å². The molecular weight excluding hydrogens is 541 g/mol. The molecule has 2 amide bonds. The Morgan fingerprint density at radius 3 is 2.39 bits per heavy atom. The number of sulfonamides is 1. The Morgan fingerprint density at radius 2 is 1.84 bits per heavy atom. The SMILES string of the molecule is CC1=C(C(=O)OCCO)[C@@H](c2ccc(C#N)cc2S(C)(=O)=O)N(S(C)(=O)=O)C(=O)N1c1cccc(CF)c1. The number of halogens is 1. The number of allylic oxidation sites excluding steroid dienone is 1. The Labute approximate surface area is 219 Å². The number of nitriles is 1. The second-order valence-electron chi connectivity index (χ2n) is 8.38. The smallest absolute Gasteiger partial charge is 0.343 e. The molecule has 38 heavy (non-hydrogen) atoms. The summed E-state index contributed by atoms with van der Waals surface area (Å²) in [7, 11) is -8.61. The van der Waals surface area contributed by atoms with E-state index in [4.69, 9.17) is 4.74 Å². The molecule has 14 heteroatoms. The van der Waals surface area contributed by atoms with Gasteiger partial charge in [0, 0.05) is 12.0 Å². The van der Waals surface area contributed by atoms with Crippen LogP contribution in [0, 0.1) is 11.3 Å². The number of aliphatic hydroxyl groups is 1. The van der Waals surface area contributed by atoms with Crippen molar-refractivity contribution in [3.63, 3.8) is 0 Å². The number of urea groups is 1. The van der Waals surface area contributed by atoms with Crippen LogP contribution in [0.1, 0.15) is 29.7 Å².